The number of hydrogen-bond acceptors (Lipinski definition) is 3. The monoisotopic (exact) mass is 286 g/mol. The third-order valence-electron chi connectivity index (χ3n) is 2.85. The van der Waals surface area contributed by atoms with E-state index in [1.165, 1.54) is 5.56 Å². The zero-order valence-electron chi connectivity index (χ0n) is 11.8. The first-order chi connectivity index (χ1) is 9.69. The molecule has 0 saturated heterocycles. The molecule has 0 amide bonds. The van der Waals surface area contributed by atoms with Crippen LogP contribution in [0.5, 0.6) is 5.75 Å². The smallest absolute Gasteiger partial charge is 0.173 e. The van der Waals surface area contributed by atoms with Gasteiger partial charge in [-0.2, -0.15) is 0 Å². The molecule has 0 spiro atoms. The molecule has 2 rings (SSSR count). The molecule has 0 aromatic heterocycles. The van der Waals surface area contributed by atoms with E-state index in [0.717, 1.165) is 16.2 Å². The summed E-state index contributed by atoms with van der Waals surface area (Å²) in [5.74, 6) is 1.40. The minimum absolute atomic E-state index is 0.138. The van der Waals surface area contributed by atoms with E-state index in [1.54, 1.807) is 11.8 Å². The van der Waals surface area contributed by atoms with E-state index in [1.807, 2.05) is 43.3 Å². The van der Waals surface area contributed by atoms with Gasteiger partial charge in [-0.15, -0.1) is 11.8 Å². The highest BCUT2D eigenvalue weighted by Crippen LogP contribution is 2.21. The average molecular weight is 286 g/mol. The summed E-state index contributed by atoms with van der Waals surface area (Å²) in [6, 6.07) is 15.5. The Balaban J connectivity index is 1.94. The van der Waals surface area contributed by atoms with Crippen LogP contribution < -0.4 is 4.74 Å². The molecule has 0 atom stereocenters. The van der Waals surface area contributed by atoms with E-state index in [9.17, 15) is 4.79 Å². The first-order valence-electron chi connectivity index (χ1n) is 6.64. The van der Waals surface area contributed by atoms with Crippen molar-refractivity contribution >= 4 is 17.5 Å². The minimum Gasteiger partial charge on any atom is -0.494 e. The first-order valence-corrected chi connectivity index (χ1v) is 7.63. The zero-order valence-corrected chi connectivity index (χ0v) is 12.6. The second-order valence-electron chi connectivity index (χ2n) is 4.49. The number of rotatable bonds is 6. The lowest BCUT2D eigenvalue weighted by atomic mass is 10.1. The van der Waals surface area contributed by atoms with Crippen LogP contribution in [0.2, 0.25) is 0 Å². The van der Waals surface area contributed by atoms with Crippen molar-refractivity contribution in [2.45, 2.75) is 18.7 Å². The molecule has 0 heterocycles. The summed E-state index contributed by atoms with van der Waals surface area (Å²) in [6.45, 7) is 4.63. The molecule has 104 valence electrons. The maximum Gasteiger partial charge on any atom is 0.173 e. The maximum absolute atomic E-state index is 12.1. The normalized spacial score (nSPS) is 10.3. The largest absolute Gasteiger partial charge is 0.494 e. The third kappa shape index (κ3) is 4.14. The summed E-state index contributed by atoms with van der Waals surface area (Å²) in [6.07, 6.45) is 0. The summed E-state index contributed by atoms with van der Waals surface area (Å²) >= 11 is 1.57. The Morgan fingerprint density at radius 3 is 2.55 bits per heavy atom. The van der Waals surface area contributed by atoms with Gasteiger partial charge in [0.05, 0.1) is 12.4 Å². The molecule has 2 aromatic rings. The van der Waals surface area contributed by atoms with E-state index in [4.69, 9.17) is 4.74 Å². The number of aryl methyl sites for hydroxylation is 1. The lowest BCUT2D eigenvalue weighted by molar-refractivity contribution is 0.102. The fourth-order valence-corrected chi connectivity index (χ4v) is 2.75. The second-order valence-corrected chi connectivity index (χ2v) is 5.53. The van der Waals surface area contributed by atoms with Gasteiger partial charge < -0.3 is 4.74 Å². The van der Waals surface area contributed by atoms with E-state index >= 15 is 0 Å². The van der Waals surface area contributed by atoms with Crippen molar-refractivity contribution in [1.82, 2.24) is 0 Å². The van der Waals surface area contributed by atoms with Gasteiger partial charge in [0, 0.05) is 10.5 Å². The number of hydrogen-bond donors (Lipinski definition) is 0. The van der Waals surface area contributed by atoms with Crippen molar-refractivity contribution in [2.75, 3.05) is 12.4 Å². The molecule has 0 aliphatic heterocycles. The summed E-state index contributed by atoms with van der Waals surface area (Å²) < 4.78 is 5.37. The number of Topliss-reactive ketones (excluding diaryl/α,β-unsaturated/α-hetero) is 1. The number of benzene rings is 2. The number of ether oxygens (including phenoxy) is 1. The molecule has 0 aliphatic rings. The van der Waals surface area contributed by atoms with Gasteiger partial charge >= 0.3 is 0 Å². The van der Waals surface area contributed by atoms with Gasteiger partial charge in [-0.1, -0.05) is 17.7 Å². The van der Waals surface area contributed by atoms with Crippen LogP contribution >= 0.6 is 11.8 Å². The molecule has 0 aliphatic carbocycles. The Hall–Kier alpha value is -1.74. The number of thioether (sulfide) groups is 1. The second kappa shape index (κ2) is 7.15. The van der Waals surface area contributed by atoms with Gasteiger partial charge in [-0.05, 0) is 50.2 Å². The van der Waals surface area contributed by atoms with E-state index in [-0.39, 0.29) is 5.78 Å². The highest BCUT2D eigenvalue weighted by molar-refractivity contribution is 8.00. The van der Waals surface area contributed by atoms with Crippen LogP contribution in [0.3, 0.4) is 0 Å². The molecule has 0 fully saturated rings. The molecule has 0 N–H and O–H groups in total. The Labute approximate surface area is 124 Å². The van der Waals surface area contributed by atoms with E-state index < -0.39 is 0 Å². The van der Waals surface area contributed by atoms with Crippen LogP contribution in [0.4, 0.5) is 0 Å². The van der Waals surface area contributed by atoms with Crippen molar-refractivity contribution in [3.8, 4) is 5.75 Å². The average Bonchev–Trinajstić information content (AvgIpc) is 2.46. The highest BCUT2D eigenvalue weighted by Gasteiger charge is 2.07. The quantitative estimate of drug-likeness (QED) is 0.582. The van der Waals surface area contributed by atoms with Gasteiger partial charge in [-0.3, -0.25) is 4.79 Å². The predicted octanol–water partition coefficient (Wildman–Crippen LogP) is 4.37. The maximum atomic E-state index is 12.1. The number of carbonyl (C=O) groups is 1. The molecule has 0 bridgehead atoms. The molecule has 0 radical (unpaired) electrons. The van der Waals surface area contributed by atoms with Crippen LogP contribution in [-0.2, 0) is 0 Å². The van der Waals surface area contributed by atoms with Crippen LogP contribution in [0, 0.1) is 6.92 Å². The van der Waals surface area contributed by atoms with Crippen molar-refractivity contribution in [3.63, 3.8) is 0 Å². The van der Waals surface area contributed by atoms with Crippen molar-refractivity contribution in [2.24, 2.45) is 0 Å². The number of ketones is 1. The summed E-state index contributed by atoms with van der Waals surface area (Å²) in [7, 11) is 0. The van der Waals surface area contributed by atoms with E-state index in [0.29, 0.717) is 12.4 Å². The Morgan fingerprint density at radius 2 is 1.90 bits per heavy atom. The fraction of sp³-hybridized carbons (Fsp3) is 0.235. The lowest BCUT2D eigenvalue weighted by Crippen LogP contribution is -2.02. The number of carbonyl (C=O) groups excluding carboxylic acids is 1. The molecular weight excluding hydrogens is 268 g/mol. The molecule has 3 heteroatoms. The highest BCUT2D eigenvalue weighted by atomic mass is 32.2. The topological polar surface area (TPSA) is 26.3 Å². The van der Waals surface area contributed by atoms with Crippen LogP contribution in [0.15, 0.2) is 53.4 Å². The summed E-state index contributed by atoms with van der Waals surface area (Å²) in [5, 5.41) is 0. The Morgan fingerprint density at radius 1 is 1.15 bits per heavy atom. The standard InChI is InChI=1S/C17H18O2S/c1-3-19-15-9-7-14(8-10-15)17(18)12-20-16-6-4-5-13(2)11-16/h4-11H,3,12H2,1-2H3. The van der Waals surface area contributed by atoms with Crippen molar-refractivity contribution < 1.29 is 9.53 Å². The molecule has 2 aromatic carbocycles. The van der Waals surface area contributed by atoms with Crippen molar-refractivity contribution in [3.05, 3.63) is 59.7 Å². The summed E-state index contributed by atoms with van der Waals surface area (Å²) in [5.41, 5.74) is 1.94. The third-order valence-corrected chi connectivity index (χ3v) is 3.84. The Kier molecular flexibility index (Phi) is 5.24. The molecule has 0 unspecified atom stereocenters. The molecule has 20 heavy (non-hydrogen) atoms. The van der Waals surface area contributed by atoms with Gasteiger partial charge in [0.25, 0.3) is 0 Å². The van der Waals surface area contributed by atoms with Crippen LogP contribution in [-0.4, -0.2) is 18.1 Å². The van der Waals surface area contributed by atoms with Crippen molar-refractivity contribution in [1.29, 1.82) is 0 Å². The molecular formula is C17H18O2S. The lowest BCUT2D eigenvalue weighted by Gasteiger charge is -2.05. The van der Waals surface area contributed by atoms with Gasteiger partial charge in [0.1, 0.15) is 5.75 Å². The zero-order chi connectivity index (χ0) is 14.4. The van der Waals surface area contributed by atoms with Gasteiger partial charge in [-0.25, -0.2) is 0 Å². The predicted molar refractivity (Wildman–Crippen MR) is 83.8 cm³/mol. The van der Waals surface area contributed by atoms with Gasteiger partial charge in [0.15, 0.2) is 5.78 Å². The van der Waals surface area contributed by atoms with Crippen LogP contribution in [0.1, 0.15) is 22.8 Å². The molecule has 2 nitrogen and oxygen atoms in total. The molecule has 0 saturated carbocycles. The Bertz CT molecular complexity index is 576. The minimum atomic E-state index is 0.138. The van der Waals surface area contributed by atoms with Crippen LogP contribution in [0.25, 0.3) is 0 Å². The fourth-order valence-electron chi connectivity index (χ4n) is 1.84. The SMILES string of the molecule is CCOc1ccc(C(=O)CSc2cccc(C)c2)cc1. The first kappa shape index (κ1) is 14.7. The van der Waals surface area contributed by atoms with E-state index in [2.05, 4.69) is 19.1 Å². The summed E-state index contributed by atoms with van der Waals surface area (Å²) in [4.78, 5) is 13.2. The van der Waals surface area contributed by atoms with Gasteiger partial charge in [0.2, 0.25) is 0 Å².